The molecule has 1 N–H and O–H groups in total. The van der Waals surface area contributed by atoms with Gasteiger partial charge in [-0.25, -0.2) is 0 Å². The van der Waals surface area contributed by atoms with E-state index in [1.807, 2.05) is 24.3 Å². The van der Waals surface area contributed by atoms with E-state index in [1.54, 1.807) is 32.4 Å². The van der Waals surface area contributed by atoms with Gasteiger partial charge in [0.2, 0.25) is 0 Å². The highest BCUT2D eigenvalue weighted by Crippen LogP contribution is 2.29. The molecule has 0 saturated carbocycles. The number of methoxy groups -OCH3 is 2. The van der Waals surface area contributed by atoms with Crippen molar-refractivity contribution in [1.29, 1.82) is 0 Å². The fourth-order valence-corrected chi connectivity index (χ4v) is 1.91. The van der Waals surface area contributed by atoms with E-state index in [1.165, 1.54) is 0 Å². The number of hydrogen-bond donors (Lipinski definition) is 1. The monoisotopic (exact) mass is 274 g/mol. The highest BCUT2D eigenvalue weighted by atomic mass is 16.5. The van der Waals surface area contributed by atoms with Crippen molar-refractivity contribution in [2.45, 2.75) is 13.2 Å². The Morgan fingerprint density at radius 3 is 2.35 bits per heavy atom. The third-order valence-corrected chi connectivity index (χ3v) is 2.99. The molecule has 0 bridgehead atoms. The van der Waals surface area contributed by atoms with Crippen molar-refractivity contribution in [3.05, 3.63) is 53.6 Å². The van der Waals surface area contributed by atoms with Crippen LogP contribution >= 0.6 is 0 Å². The van der Waals surface area contributed by atoms with Crippen LogP contribution in [0.4, 0.5) is 0 Å². The van der Waals surface area contributed by atoms with E-state index < -0.39 is 0 Å². The van der Waals surface area contributed by atoms with Gasteiger partial charge < -0.3 is 19.3 Å². The Morgan fingerprint density at radius 1 is 0.900 bits per heavy atom. The van der Waals surface area contributed by atoms with Gasteiger partial charge in [-0.05, 0) is 23.8 Å². The van der Waals surface area contributed by atoms with E-state index in [2.05, 4.69) is 0 Å². The average Bonchev–Trinajstić information content (AvgIpc) is 2.52. The van der Waals surface area contributed by atoms with Crippen LogP contribution in [0.25, 0.3) is 0 Å². The van der Waals surface area contributed by atoms with E-state index in [0.717, 1.165) is 16.9 Å². The number of ether oxygens (including phenoxy) is 3. The lowest BCUT2D eigenvalue weighted by Crippen LogP contribution is -2.00. The maximum Gasteiger partial charge on any atom is 0.162 e. The minimum atomic E-state index is -0.0327. The molecule has 4 nitrogen and oxygen atoms in total. The molecule has 0 unspecified atom stereocenters. The van der Waals surface area contributed by atoms with E-state index in [9.17, 15) is 5.11 Å². The second kappa shape index (κ2) is 6.82. The molecule has 0 amide bonds. The van der Waals surface area contributed by atoms with Gasteiger partial charge in [-0.2, -0.15) is 0 Å². The molecule has 106 valence electrons. The summed E-state index contributed by atoms with van der Waals surface area (Å²) in [7, 11) is 3.22. The van der Waals surface area contributed by atoms with Gasteiger partial charge in [-0.3, -0.25) is 0 Å². The first-order chi connectivity index (χ1) is 9.78. The SMILES string of the molecule is COc1ccccc1COc1cc(CO)ccc1OC. The van der Waals surface area contributed by atoms with Crippen molar-refractivity contribution in [2.24, 2.45) is 0 Å². The highest BCUT2D eigenvalue weighted by molar-refractivity contribution is 5.43. The Hall–Kier alpha value is -2.20. The molecule has 2 rings (SSSR count). The third kappa shape index (κ3) is 3.22. The van der Waals surface area contributed by atoms with Gasteiger partial charge in [-0.15, -0.1) is 0 Å². The summed E-state index contributed by atoms with van der Waals surface area (Å²) >= 11 is 0. The van der Waals surface area contributed by atoms with Crippen LogP contribution in [0.5, 0.6) is 17.2 Å². The molecule has 2 aromatic rings. The van der Waals surface area contributed by atoms with E-state index >= 15 is 0 Å². The molecular weight excluding hydrogens is 256 g/mol. The van der Waals surface area contributed by atoms with Crippen LogP contribution in [-0.4, -0.2) is 19.3 Å². The Kier molecular flexibility index (Phi) is 4.85. The zero-order valence-electron chi connectivity index (χ0n) is 11.6. The van der Waals surface area contributed by atoms with E-state index in [4.69, 9.17) is 14.2 Å². The topological polar surface area (TPSA) is 47.9 Å². The fourth-order valence-electron chi connectivity index (χ4n) is 1.91. The number of aliphatic hydroxyl groups is 1. The van der Waals surface area contributed by atoms with Gasteiger partial charge in [0.1, 0.15) is 12.4 Å². The maximum atomic E-state index is 9.18. The van der Waals surface area contributed by atoms with Gasteiger partial charge in [0.05, 0.1) is 20.8 Å². The molecule has 0 saturated heterocycles. The lowest BCUT2D eigenvalue weighted by Gasteiger charge is -2.13. The Bertz CT molecular complexity index is 566. The van der Waals surface area contributed by atoms with Crippen LogP contribution in [0, 0.1) is 0 Å². The summed E-state index contributed by atoms with van der Waals surface area (Å²) in [5.74, 6) is 2.02. The second-order valence-corrected chi connectivity index (χ2v) is 4.24. The summed E-state index contributed by atoms with van der Waals surface area (Å²) in [4.78, 5) is 0. The summed E-state index contributed by atoms with van der Waals surface area (Å²) in [6.07, 6.45) is 0. The molecule has 0 radical (unpaired) electrons. The van der Waals surface area contributed by atoms with Gasteiger partial charge in [-0.1, -0.05) is 24.3 Å². The Balaban J connectivity index is 2.17. The van der Waals surface area contributed by atoms with Gasteiger partial charge in [0.25, 0.3) is 0 Å². The standard InChI is InChI=1S/C16H18O4/c1-18-14-6-4-3-5-13(14)11-20-16-9-12(10-17)7-8-15(16)19-2/h3-9,17H,10-11H2,1-2H3. The molecule has 0 aliphatic rings. The van der Waals surface area contributed by atoms with E-state index in [0.29, 0.717) is 18.1 Å². The summed E-state index contributed by atoms with van der Waals surface area (Å²) < 4.78 is 16.3. The quantitative estimate of drug-likeness (QED) is 0.880. The molecule has 0 aliphatic carbocycles. The molecule has 4 heteroatoms. The number of aliphatic hydroxyl groups excluding tert-OH is 1. The Morgan fingerprint density at radius 2 is 1.65 bits per heavy atom. The first-order valence-electron chi connectivity index (χ1n) is 6.31. The molecule has 0 aromatic heterocycles. The van der Waals surface area contributed by atoms with Crippen LogP contribution in [0.2, 0.25) is 0 Å². The average molecular weight is 274 g/mol. The van der Waals surface area contributed by atoms with Crippen molar-refractivity contribution in [3.8, 4) is 17.2 Å². The number of hydrogen-bond acceptors (Lipinski definition) is 4. The van der Waals surface area contributed by atoms with Crippen LogP contribution in [0.15, 0.2) is 42.5 Å². The largest absolute Gasteiger partial charge is 0.496 e. The predicted molar refractivity (Wildman–Crippen MR) is 76.2 cm³/mol. The van der Waals surface area contributed by atoms with E-state index in [-0.39, 0.29) is 6.61 Å². The zero-order valence-corrected chi connectivity index (χ0v) is 11.6. The van der Waals surface area contributed by atoms with Gasteiger partial charge in [0.15, 0.2) is 11.5 Å². The lowest BCUT2D eigenvalue weighted by molar-refractivity contribution is 0.269. The molecule has 0 fully saturated rings. The minimum absolute atomic E-state index is 0.0327. The lowest BCUT2D eigenvalue weighted by atomic mass is 10.2. The van der Waals surface area contributed by atoms with Crippen molar-refractivity contribution in [2.75, 3.05) is 14.2 Å². The Labute approximate surface area is 118 Å². The predicted octanol–water partition coefficient (Wildman–Crippen LogP) is 2.78. The summed E-state index contributed by atoms with van der Waals surface area (Å²) in [6, 6.07) is 13.0. The van der Waals surface area contributed by atoms with Gasteiger partial charge >= 0.3 is 0 Å². The summed E-state index contributed by atoms with van der Waals surface area (Å²) in [6.45, 7) is 0.338. The normalized spacial score (nSPS) is 10.2. The van der Waals surface area contributed by atoms with Crippen LogP contribution < -0.4 is 14.2 Å². The minimum Gasteiger partial charge on any atom is -0.496 e. The molecule has 2 aromatic carbocycles. The first-order valence-corrected chi connectivity index (χ1v) is 6.31. The van der Waals surface area contributed by atoms with Crippen molar-refractivity contribution in [1.82, 2.24) is 0 Å². The zero-order chi connectivity index (χ0) is 14.4. The third-order valence-electron chi connectivity index (χ3n) is 2.99. The smallest absolute Gasteiger partial charge is 0.162 e. The molecule has 20 heavy (non-hydrogen) atoms. The second-order valence-electron chi connectivity index (χ2n) is 4.24. The van der Waals surface area contributed by atoms with Crippen molar-refractivity contribution in [3.63, 3.8) is 0 Å². The first kappa shape index (κ1) is 14.2. The van der Waals surface area contributed by atoms with Crippen molar-refractivity contribution < 1.29 is 19.3 Å². The van der Waals surface area contributed by atoms with Crippen molar-refractivity contribution >= 4 is 0 Å². The van der Waals surface area contributed by atoms with Crippen LogP contribution in [-0.2, 0) is 13.2 Å². The highest BCUT2D eigenvalue weighted by Gasteiger charge is 2.08. The summed E-state index contributed by atoms with van der Waals surface area (Å²) in [5.41, 5.74) is 1.73. The maximum absolute atomic E-state index is 9.18. The molecular formula is C16H18O4. The number of benzene rings is 2. The summed E-state index contributed by atoms with van der Waals surface area (Å²) in [5, 5.41) is 9.18. The fraction of sp³-hybridized carbons (Fsp3) is 0.250. The molecule has 0 atom stereocenters. The van der Waals surface area contributed by atoms with Gasteiger partial charge in [0, 0.05) is 5.56 Å². The van der Waals surface area contributed by atoms with Crippen LogP contribution in [0.3, 0.4) is 0 Å². The molecule has 0 spiro atoms. The molecule has 0 aliphatic heterocycles. The number of rotatable bonds is 6. The molecule has 0 heterocycles. The van der Waals surface area contributed by atoms with Crippen LogP contribution in [0.1, 0.15) is 11.1 Å². The number of para-hydroxylation sites is 1.